The van der Waals surface area contributed by atoms with Crippen molar-refractivity contribution in [3.05, 3.63) is 11.6 Å². The Hall–Kier alpha value is -2.16. The zero-order valence-electron chi connectivity index (χ0n) is 12.8. The molecule has 122 valence electrons. The number of anilines is 1. The molecular formula is C13H18N2O6S. The molecule has 0 aliphatic carbocycles. The van der Waals surface area contributed by atoms with Gasteiger partial charge in [0.15, 0.2) is 11.5 Å². The Morgan fingerprint density at radius 1 is 1.18 bits per heavy atom. The fourth-order valence-electron chi connectivity index (χ4n) is 2.11. The van der Waals surface area contributed by atoms with E-state index in [9.17, 15) is 8.42 Å². The highest BCUT2D eigenvalue weighted by Crippen LogP contribution is 2.46. The molecule has 0 atom stereocenters. The highest BCUT2D eigenvalue weighted by molar-refractivity contribution is 7.92. The minimum atomic E-state index is -3.54. The smallest absolute Gasteiger partial charge is 0.229 e. The van der Waals surface area contributed by atoms with Crippen molar-refractivity contribution in [2.75, 3.05) is 45.5 Å². The molecule has 0 bridgehead atoms. The van der Waals surface area contributed by atoms with Gasteiger partial charge < -0.3 is 18.9 Å². The van der Waals surface area contributed by atoms with Gasteiger partial charge in [0.2, 0.25) is 21.7 Å². The Labute approximate surface area is 129 Å². The van der Waals surface area contributed by atoms with E-state index in [2.05, 4.69) is 9.71 Å². The molecule has 0 aromatic heterocycles. The molecule has 0 amide bonds. The maximum atomic E-state index is 11.7. The van der Waals surface area contributed by atoms with Crippen molar-refractivity contribution >= 4 is 21.6 Å². The topological polar surface area (TPSA) is 95.5 Å². The summed E-state index contributed by atoms with van der Waals surface area (Å²) in [6.07, 6.45) is 1.05. The van der Waals surface area contributed by atoms with Crippen LogP contribution in [-0.4, -0.2) is 55.1 Å². The lowest BCUT2D eigenvalue weighted by molar-refractivity contribution is 0.324. The van der Waals surface area contributed by atoms with Gasteiger partial charge >= 0.3 is 0 Å². The molecule has 1 aromatic rings. The van der Waals surface area contributed by atoms with Crippen LogP contribution < -0.4 is 18.9 Å². The summed E-state index contributed by atoms with van der Waals surface area (Å²) >= 11 is 0. The van der Waals surface area contributed by atoms with Gasteiger partial charge in [-0.1, -0.05) is 0 Å². The van der Waals surface area contributed by atoms with Crippen LogP contribution in [0.5, 0.6) is 17.2 Å². The van der Waals surface area contributed by atoms with Crippen LogP contribution in [0.15, 0.2) is 11.1 Å². The molecule has 2 rings (SSSR count). The molecule has 0 saturated carbocycles. The molecule has 1 N–H and O–H groups in total. The van der Waals surface area contributed by atoms with E-state index in [0.717, 1.165) is 6.26 Å². The quantitative estimate of drug-likeness (QED) is 0.831. The number of rotatable bonds is 6. The van der Waals surface area contributed by atoms with Crippen LogP contribution in [0.2, 0.25) is 0 Å². The first-order chi connectivity index (χ1) is 10.4. The van der Waals surface area contributed by atoms with E-state index in [1.165, 1.54) is 21.3 Å². The summed E-state index contributed by atoms with van der Waals surface area (Å²) in [5, 5.41) is 0. The number of hydrogen-bond donors (Lipinski definition) is 1. The van der Waals surface area contributed by atoms with E-state index in [1.54, 1.807) is 6.07 Å². The average Bonchev–Trinajstić information content (AvgIpc) is 2.98. The van der Waals surface area contributed by atoms with Crippen molar-refractivity contribution in [3.63, 3.8) is 0 Å². The molecule has 1 heterocycles. The predicted octanol–water partition coefficient (Wildman–Crippen LogP) is 0.861. The van der Waals surface area contributed by atoms with Crippen LogP contribution in [0.25, 0.3) is 0 Å². The molecule has 9 heteroatoms. The van der Waals surface area contributed by atoms with E-state index >= 15 is 0 Å². The van der Waals surface area contributed by atoms with Crippen molar-refractivity contribution in [3.8, 4) is 17.2 Å². The maximum Gasteiger partial charge on any atom is 0.229 e. The number of hydrogen-bond acceptors (Lipinski definition) is 7. The normalized spacial score (nSPS) is 14.1. The van der Waals surface area contributed by atoms with Crippen LogP contribution in [0, 0.1) is 0 Å². The van der Waals surface area contributed by atoms with Crippen LogP contribution in [0.3, 0.4) is 0 Å². The molecule has 22 heavy (non-hydrogen) atoms. The van der Waals surface area contributed by atoms with Gasteiger partial charge in [0.05, 0.1) is 39.7 Å². The summed E-state index contributed by atoms with van der Waals surface area (Å²) in [5.74, 6) is 1.18. The third kappa shape index (κ3) is 3.19. The van der Waals surface area contributed by atoms with Gasteiger partial charge in [-0.15, -0.1) is 0 Å². The second-order valence-corrected chi connectivity index (χ2v) is 6.23. The fourth-order valence-corrected chi connectivity index (χ4v) is 2.68. The Kier molecular flexibility index (Phi) is 4.65. The third-order valence-corrected chi connectivity index (χ3v) is 3.51. The highest BCUT2D eigenvalue weighted by atomic mass is 32.2. The molecular weight excluding hydrogens is 312 g/mol. The first kappa shape index (κ1) is 16.2. The number of ether oxygens (including phenoxy) is 4. The zero-order chi connectivity index (χ0) is 16.3. The van der Waals surface area contributed by atoms with Gasteiger partial charge in [-0.3, -0.25) is 4.72 Å². The summed E-state index contributed by atoms with van der Waals surface area (Å²) in [6, 6.07) is 1.60. The second-order valence-electron chi connectivity index (χ2n) is 4.48. The minimum Gasteiger partial charge on any atom is -0.493 e. The highest BCUT2D eigenvalue weighted by Gasteiger charge is 2.27. The van der Waals surface area contributed by atoms with E-state index in [0.29, 0.717) is 30.4 Å². The molecule has 0 saturated heterocycles. The lowest BCUT2D eigenvalue weighted by atomic mass is 10.1. The van der Waals surface area contributed by atoms with Crippen LogP contribution >= 0.6 is 0 Å². The largest absolute Gasteiger partial charge is 0.493 e. The summed E-state index contributed by atoms with van der Waals surface area (Å²) in [4.78, 5) is 4.21. The number of sulfonamides is 1. The van der Waals surface area contributed by atoms with Crippen LogP contribution in [0.4, 0.5) is 5.69 Å². The first-order valence-corrected chi connectivity index (χ1v) is 8.28. The molecule has 0 spiro atoms. The summed E-state index contributed by atoms with van der Waals surface area (Å²) < 4.78 is 47.0. The average molecular weight is 330 g/mol. The van der Waals surface area contributed by atoms with Crippen molar-refractivity contribution in [2.45, 2.75) is 0 Å². The molecule has 1 aliphatic heterocycles. The Balaban J connectivity index is 2.73. The fraction of sp³-hybridized carbons (Fsp3) is 0.462. The monoisotopic (exact) mass is 330 g/mol. The van der Waals surface area contributed by atoms with E-state index < -0.39 is 10.0 Å². The lowest BCUT2D eigenvalue weighted by Crippen LogP contribution is -2.16. The van der Waals surface area contributed by atoms with Crippen molar-refractivity contribution < 1.29 is 27.4 Å². The van der Waals surface area contributed by atoms with Gasteiger partial charge in [0.25, 0.3) is 0 Å². The summed E-state index contributed by atoms with van der Waals surface area (Å²) in [6.45, 7) is 0.939. The number of methoxy groups -OCH3 is 3. The van der Waals surface area contributed by atoms with Crippen molar-refractivity contribution in [1.29, 1.82) is 0 Å². The van der Waals surface area contributed by atoms with Gasteiger partial charge in [-0.25, -0.2) is 13.4 Å². The molecule has 1 aromatic carbocycles. The van der Waals surface area contributed by atoms with Gasteiger partial charge in [-0.05, 0) is 6.07 Å². The van der Waals surface area contributed by atoms with Gasteiger partial charge in [0.1, 0.15) is 12.3 Å². The lowest BCUT2D eigenvalue weighted by Gasteiger charge is -2.19. The third-order valence-electron chi connectivity index (χ3n) is 2.93. The molecule has 0 unspecified atom stereocenters. The zero-order valence-corrected chi connectivity index (χ0v) is 13.6. The van der Waals surface area contributed by atoms with Crippen molar-refractivity contribution in [1.82, 2.24) is 0 Å². The summed E-state index contributed by atoms with van der Waals surface area (Å²) in [5.41, 5.74) is 0.626. The van der Waals surface area contributed by atoms with E-state index in [-0.39, 0.29) is 17.2 Å². The molecule has 8 nitrogen and oxygen atoms in total. The van der Waals surface area contributed by atoms with E-state index in [1.807, 2.05) is 0 Å². The number of aliphatic imine (C=N–C) groups is 1. The SMILES string of the molecule is COc1cc(C2=NCCO2)c(NS(C)(=O)=O)c(OC)c1OC. The summed E-state index contributed by atoms with van der Waals surface area (Å²) in [7, 11) is 0.778. The first-order valence-electron chi connectivity index (χ1n) is 6.39. The van der Waals surface area contributed by atoms with Gasteiger partial charge in [-0.2, -0.15) is 0 Å². The molecule has 0 fully saturated rings. The van der Waals surface area contributed by atoms with E-state index in [4.69, 9.17) is 18.9 Å². The Bertz CT molecular complexity index is 699. The Morgan fingerprint density at radius 3 is 2.32 bits per heavy atom. The number of nitrogens with one attached hydrogen (secondary N) is 1. The molecule has 1 aliphatic rings. The second kappa shape index (κ2) is 6.30. The van der Waals surface area contributed by atoms with Crippen molar-refractivity contribution in [2.24, 2.45) is 4.99 Å². The maximum absolute atomic E-state index is 11.7. The molecule has 0 radical (unpaired) electrons. The van der Waals surface area contributed by atoms with Crippen LogP contribution in [-0.2, 0) is 14.8 Å². The predicted molar refractivity (Wildman–Crippen MR) is 81.9 cm³/mol. The standard InChI is InChI=1S/C13H18N2O6S/c1-18-9-7-8(13-14-5-6-21-13)10(15-22(4,16)17)12(20-3)11(9)19-2/h7,15H,5-6H2,1-4H3. The Morgan fingerprint density at radius 2 is 1.86 bits per heavy atom. The van der Waals surface area contributed by atoms with Crippen LogP contribution in [0.1, 0.15) is 5.56 Å². The minimum absolute atomic E-state index is 0.195. The number of benzene rings is 1. The number of nitrogens with zero attached hydrogens (tertiary/aromatic N) is 1. The van der Waals surface area contributed by atoms with Gasteiger partial charge in [0, 0.05) is 0 Å².